The van der Waals surface area contributed by atoms with Crippen LogP contribution in [0.25, 0.3) is 6.08 Å². The van der Waals surface area contributed by atoms with Crippen LogP contribution in [-0.4, -0.2) is 36.8 Å². The molecule has 0 atom stereocenters. The predicted octanol–water partition coefficient (Wildman–Crippen LogP) is 4.10. The van der Waals surface area contributed by atoms with E-state index in [0.717, 1.165) is 0 Å². The Bertz CT molecular complexity index is 1010. The molecule has 0 unspecified atom stereocenters. The van der Waals surface area contributed by atoms with Crippen molar-refractivity contribution in [3.63, 3.8) is 0 Å². The maximum absolute atomic E-state index is 12.5. The van der Waals surface area contributed by atoms with E-state index in [4.69, 9.17) is 19.3 Å². The fraction of sp³-hybridized carbons (Fsp3) is 0.227. The van der Waals surface area contributed by atoms with Crippen molar-refractivity contribution in [3.8, 4) is 23.3 Å². The fourth-order valence-electron chi connectivity index (χ4n) is 2.52. The second-order valence-corrected chi connectivity index (χ2v) is 7.19. The van der Waals surface area contributed by atoms with Crippen molar-refractivity contribution < 1.29 is 28.9 Å². The largest absolute Gasteiger partial charge is 0.494 e. The Morgan fingerprint density at radius 1 is 1.13 bits per heavy atom. The van der Waals surface area contributed by atoms with E-state index in [1.54, 1.807) is 43.3 Å². The molecular formula is C22H21IN2O6. The number of benzene rings is 2. The molecule has 2 N–H and O–H groups in total. The fourth-order valence-corrected chi connectivity index (χ4v) is 3.30. The van der Waals surface area contributed by atoms with Crippen molar-refractivity contribution in [3.05, 3.63) is 51.1 Å². The average Bonchev–Trinajstić information content (AvgIpc) is 2.73. The highest BCUT2D eigenvalue weighted by atomic mass is 127. The Labute approximate surface area is 193 Å². The molecule has 31 heavy (non-hydrogen) atoms. The molecule has 0 spiro atoms. The topological polar surface area (TPSA) is 118 Å². The minimum absolute atomic E-state index is 0.105. The van der Waals surface area contributed by atoms with E-state index in [1.807, 2.05) is 35.6 Å². The summed E-state index contributed by atoms with van der Waals surface area (Å²) in [6.45, 7) is 4.01. The van der Waals surface area contributed by atoms with Crippen LogP contribution in [0.1, 0.15) is 19.4 Å². The summed E-state index contributed by atoms with van der Waals surface area (Å²) in [4.78, 5) is 23.4. The molecule has 1 amide bonds. The number of anilines is 1. The van der Waals surface area contributed by atoms with Crippen LogP contribution < -0.4 is 19.5 Å². The number of carboxylic acid groups (broad SMARTS) is 1. The van der Waals surface area contributed by atoms with Crippen molar-refractivity contribution in [2.45, 2.75) is 13.8 Å². The van der Waals surface area contributed by atoms with Gasteiger partial charge in [0.25, 0.3) is 5.91 Å². The number of halogens is 1. The minimum Gasteiger partial charge on any atom is -0.494 e. The first kappa shape index (κ1) is 24.0. The maximum atomic E-state index is 12.5. The number of ether oxygens (including phenoxy) is 3. The first-order valence-electron chi connectivity index (χ1n) is 9.34. The van der Waals surface area contributed by atoms with Gasteiger partial charge in [0.15, 0.2) is 18.1 Å². The molecule has 162 valence electrons. The summed E-state index contributed by atoms with van der Waals surface area (Å²) in [6, 6.07) is 12.0. The van der Waals surface area contributed by atoms with Crippen LogP contribution in [0.15, 0.2) is 42.0 Å². The summed E-state index contributed by atoms with van der Waals surface area (Å²) in [5, 5.41) is 21.0. The van der Waals surface area contributed by atoms with Gasteiger partial charge < -0.3 is 24.6 Å². The van der Waals surface area contributed by atoms with Crippen LogP contribution in [-0.2, 0) is 9.59 Å². The molecule has 2 aromatic carbocycles. The highest BCUT2D eigenvalue weighted by Gasteiger charge is 2.15. The van der Waals surface area contributed by atoms with E-state index >= 15 is 0 Å². The zero-order chi connectivity index (χ0) is 22.8. The molecule has 8 nitrogen and oxygen atoms in total. The summed E-state index contributed by atoms with van der Waals surface area (Å²) in [6.07, 6.45) is 1.43. The summed E-state index contributed by atoms with van der Waals surface area (Å²) >= 11 is 1.98. The van der Waals surface area contributed by atoms with Gasteiger partial charge in [-0.3, -0.25) is 4.79 Å². The van der Waals surface area contributed by atoms with Crippen molar-refractivity contribution in [2.75, 3.05) is 25.1 Å². The summed E-state index contributed by atoms with van der Waals surface area (Å²) in [7, 11) is 0. The second-order valence-electron chi connectivity index (χ2n) is 6.03. The third-order valence-corrected chi connectivity index (χ3v) is 4.57. The normalized spacial score (nSPS) is 10.7. The molecule has 2 aromatic rings. The molecule has 0 bridgehead atoms. The van der Waals surface area contributed by atoms with Crippen LogP contribution >= 0.6 is 22.6 Å². The Balaban J connectivity index is 2.26. The molecule has 2 rings (SSSR count). The number of hydrogen-bond acceptors (Lipinski definition) is 6. The van der Waals surface area contributed by atoms with E-state index in [1.165, 1.54) is 6.08 Å². The third kappa shape index (κ3) is 7.18. The van der Waals surface area contributed by atoms with Gasteiger partial charge in [-0.25, -0.2) is 4.79 Å². The summed E-state index contributed by atoms with van der Waals surface area (Å²) < 4.78 is 16.8. The van der Waals surface area contributed by atoms with E-state index in [0.29, 0.717) is 45.3 Å². The number of nitriles is 1. The zero-order valence-electron chi connectivity index (χ0n) is 17.0. The average molecular weight is 536 g/mol. The van der Waals surface area contributed by atoms with Crippen molar-refractivity contribution in [1.29, 1.82) is 5.26 Å². The van der Waals surface area contributed by atoms with Crippen molar-refractivity contribution >= 4 is 46.2 Å². The van der Waals surface area contributed by atoms with Crippen LogP contribution in [0.5, 0.6) is 17.2 Å². The van der Waals surface area contributed by atoms with Gasteiger partial charge >= 0.3 is 5.97 Å². The van der Waals surface area contributed by atoms with Gasteiger partial charge in [0.1, 0.15) is 17.4 Å². The third-order valence-electron chi connectivity index (χ3n) is 3.77. The highest BCUT2D eigenvalue weighted by Crippen LogP contribution is 2.35. The first-order chi connectivity index (χ1) is 14.9. The highest BCUT2D eigenvalue weighted by molar-refractivity contribution is 14.1. The Morgan fingerprint density at radius 3 is 2.39 bits per heavy atom. The Kier molecular flexibility index (Phi) is 9.14. The van der Waals surface area contributed by atoms with Crippen LogP contribution in [0, 0.1) is 14.9 Å². The number of nitrogens with zero attached hydrogens (tertiary/aromatic N) is 1. The lowest BCUT2D eigenvalue weighted by Gasteiger charge is -2.13. The number of rotatable bonds is 10. The molecular weight excluding hydrogens is 515 g/mol. The number of carboxylic acids is 1. The monoisotopic (exact) mass is 536 g/mol. The zero-order valence-corrected chi connectivity index (χ0v) is 19.1. The number of carbonyl (C=O) groups excluding carboxylic acids is 1. The van der Waals surface area contributed by atoms with Gasteiger partial charge in [-0.05, 0) is 84.5 Å². The standard InChI is InChI=1S/C22H21IN2O6/c1-3-29-17-7-5-16(6-8-17)25-22(28)15(12-24)9-14-10-18(23)21(31-13-20(26)27)19(11-14)30-4-2/h5-11H,3-4,13H2,1-2H3,(H,25,28)(H,26,27)/b15-9+. The molecule has 0 heterocycles. The number of aliphatic carboxylic acids is 1. The van der Waals surface area contributed by atoms with E-state index < -0.39 is 18.5 Å². The maximum Gasteiger partial charge on any atom is 0.341 e. The molecule has 9 heteroatoms. The van der Waals surface area contributed by atoms with Crippen LogP contribution in [0.4, 0.5) is 5.69 Å². The van der Waals surface area contributed by atoms with E-state index in [2.05, 4.69) is 5.32 Å². The van der Waals surface area contributed by atoms with E-state index in [-0.39, 0.29) is 5.57 Å². The SMILES string of the molecule is CCOc1ccc(NC(=O)/C(C#N)=C/c2cc(I)c(OCC(=O)O)c(OCC)c2)cc1. The number of hydrogen-bond donors (Lipinski definition) is 2. The molecule has 0 aromatic heterocycles. The van der Waals surface area contributed by atoms with E-state index in [9.17, 15) is 14.9 Å². The van der Waals surface area contributed by atoms with Gasteiger partial charge in [0.05, 0.1) is 16.8 Å². The number of carbonyl (C=O) groups is 2. The van der Waals surface area contributed by atoms with Crippen LogP contribution in [0.3, 0.4) is 0 Å². The molecule has 0 aliphatic carbocycles. The molecule has 0 aliphatic heterocycles. The van der Waals surface area contributed by atoms with Crippen LogP contribution in [0.2, 0.25) is 0 Å². The lowest BCUT2D eigenvalue weighted by Crippen LogP contribution is -2.13. The van der Waals surface area contributed by atoms with Gasteiger partial charge in [-0.2, -0.15) is 5.26 Å². The molecule has 0 saturated carbocycles. The minimum atomic E-state index is -1.11. The molecule has 0 radical (unpaired) electrons. The lowest BCUT2D eigenvalue weighted by atomic mass is 10.1. The smallest absolute Gasteiger partial charge is 0.341 e. The van der Waals surface area contributed by atoms with Gasteiger partial charge in [0, 0.05) is 5.69 Å². The number of nitrogens with one attached hydrogen (secondary N) is 1. The van der Waals surface area contributed by atoms with Gasteiger partial charge in [-0.1, -0.05) is 0 Å². The van der Waals surface area contributed by atoms with Crippen molar-refractivity contribution in [2.24, 2.45) is 0 Å². The van der Waals surface area contributed by atoms with Gasteiger partial charge in [0.2, 0.25) is 0 Å². The van der Waals surface area contributed by atoms with Crippen molar-refractivity contribution in [1.82, 2.24) is 0 Å². The first-order valence-corrected chi connectivity index (χ1v) is 10.4. The molecule has 0 aliphatic rings. The second kappa shape index (κ2) is 11.8. The Morgan fingerprint density at radius 2 is 1.81 bits per heavy atom. The Hall–Kier alpha value is -3.26. The van der Waals surface area contributed by atoms with Gasteiger partial charge in [-0.15, -0.1) is 0 Å². The molecule has 0 saturated heterocycles. The quantitative estimate of drug-likeness (QED) is 0.267. The summed E-state index contributed by atoms with van der Waals surface area (Å²) in [5.41, 5.74) is 0.955. The lowest BCUT2D eigenvalue weighted by molar-refractivity contribution is -0.139. The number of amides is 1. The summed E-state index contributed by atoms with van der Waals surface area (Å²) in [5.74, 6) is -0.379. The predicted molar refractivity (Wildman–Crippen MR) is 123 cm³/mol. The molecule has 0 fully saturated rings.